The van der Waals surface area contributed by atoms with Gasteiger partial charge in [-0.05, 0) is 39.2 Å². The molecule has 1 rings (SSSR count). The van der Waals surface area contributed by atoms with Crippen molar-refractivity contribution in [1.82, 2.24) is 9.88 Å². The van der Waals surface area contributed by atoms with E-state index in [1.54, 1.807) is 13.1 Å². The van der Waals surface area contributed by atoms with Crippen LogP contribution in [0.4, 0.5) is 5.69 Å². The van der Waals surface area contributed by atoms with E-state index in [4.69, 9.17) is 16.7 Å². The zero-order chi connectivity index (χ0) is 15.1. The highest BCUT2D eigenvalue weighted by atomic mass is 35.5. The summed E-state index contributed by atoms with van der Waals surface area (Å²) in [5.74, 6) is -1.26. The minimum absolute atomic E-state index is 0.412. The first-order valence-corrected chi connectivity index (χ1v) is 7.02. The van der Waals surface area contributed by atoms with E-state index in [1.807, 2.05) is 31.1 Å². The van der Waals surface area contributed by atoms with Crippen LogP contribution in [0.3, 0.4) is 0 Å². The first kappa shape index (κ1) is 16.7. The number of hydrogen-bond donors (Lipinski definition) is 1. The van der Waals surface area contributed by atoms with E-state index in [1.165, 1.54) is 0 Å². The fourth-order valence-corrected chi connectivity index (χ4v) is 2.15. The summed E-state index contributed by atoms with van der Waals surface area (Å²) in [6.45, 7) is 3.82. The number of aromatic nitrogens is 1. The van der Waals surface area contributed by atoms with E-state index in [0.29, 0.717) is 11.7 Å². The second-order valence-electron chi connectivity index (χ2n) is 5.16. The number of anilines is 1. The summed E-state index contributed by atoms with van der Waals surface area (Å²) in [5.41, 5.74) is 0.793. The van der Waals surface area contributed by atoms with Crippen molar-refractivity contribution in [2.75, 3.05) is 38.6 Å². The predicted molar refractivity (Wildman–Crippen MR) is 81.4 cm³/mol. The van der Waals surface area contributed by atoms with Crippen molar-refractivity contribution in [2.24, 2.45) is 5.92 Å². The second kappa shape index (κ2) is 8.07. The Kier molecular flexibility index (Phi) is 6.75. The second-order valence-corrected chi connectivity index (χ2v) is 5.51. The van der Waals surface area contributed by atoms with Crippen LogP contribution in [-0.2, 0) is 4.79 Å². The standard InChI is InChI=1S/C14H22ClN3O2/c1-11(14(19)20)10-18(9-5-8-17(2)3)12-6-4-7-16-13(12)15/h4,6-7,11H,5,8-10H2,1-3H3,(H,19,20). The average Bonchev–Trinajstić information content (AvgIpc) is 2.37. The summed E-state index contributed by atoms with van der Waals surface area (Å²) in [5, 5.41) is 9.49. The number of carbonyl (C=O) groups is 1. The molecule has 0 saturated heterocycles. The summed E-state index contributed by atoms with van der Waals surface area (Å²) in [7, 11) is 4.03. The Morgan fingerprint density at radius 3 is 2.70 bits per heavy atom. The number of carboxylic acids is 1. The van der Waals surface area contributed by atoms with E-state index < -0.39 is 11.9 Å². The minimum atomic E-state index is -0.803. The number of aliphatic carboxylic acids is 1. The minimum Gasteiger partial charge on any atom is -0.481 e. The van der Waals surface area contributed by atoms with Crippen molar-refractivity contribution < 1.29 is 9.90 Å². The summed E-state index contributed by atoms with van der Waals surface area (Å²) in [6.07, 6.45) is 2.56. The molecule has 0 fully saturated rings. The summed E-state index contributed by atoms with van der Waals surface area (Å²) in [4.78, 5) is 19.2. The SMILES string of the molecule is CC(CN(CCCN(C)C)c1cccnc1Cl)C(=O)O. The van der Waals surface area contributed by atoms with Gasteiger partial charge in [-0.25, -0.2) is 4.98 Å². The Morgan fingerprint density at radius 1 is 1.45 bits per heavy atom. The van der Waals surface area contributed by atoms with Crippen LogP contribution in [-0.4, -0.2) is 54.7 Å². The van der Waals surface area contributed by atoms with Crippen molar-refractivity contribution in [3.05, 3.63) is 23.5 Å². The van der Waals surface area contributed by atoms with Gasteiger partial charge >= 0.3 is 5.97 Å². The van der Waals surface area contributed by atoms with E-state index in [-0.39, 0.29) is 0 Å². The van der Waals surface area contributed by atoms with Gasteiger partial charge in [-0.1, -0.05) is 18.5 Å². The van der Waals surface area contributed by atoms with Gasteiger partial charge in [0.1, 0.15) is 0 Å². The normalized spacial score (nSPS) is 12.4. The van der Waals surface area contributed by atoms with Crippen LogP contribution in [0.15, 0.2) is 18.3 Å². The first-order valence-electron chi connectivity index (χ1n) is 6.64. The molecule has 1 N–H and O–H groups in total. The monoisotopic (exact) mass is 299 g/mol. The van der Waals surface area contributed by atoms with Crippen molar-refractivity contribution in [1.29, 1.82) is 0 Å². The first-order chi connectivity index (χ1) is 9.41. The molecule has 0 radical (unpaired) electrons. The molecule has 0 saturated carbocycles. The van der Waals surface area contributed by atoms with E-state index in [9.17, 15) is 4.79 Å². The number of pyridine rings is 1. The summed E-state index contributed by atoms with van der Waals surface area (Å²) in [6, 6.07) is 3.69. The molecule has 0 aromatic carbocycles. The maximum Gasteiger partial charge on any atom is 0.308 e. The lowest BCUT2D eigenvalue weighted by Gasteiger charge is -2.27. The average molecular weight is 300 g/mol. The Bertz CT molecular complexity index is 440. The lowest BCUT2D eigenvalue weighted by molar-refractivity contribution is -0.140. The van der Waals surface area contributed by atoms with Gasteiger partial charge in [0.05, 0.1) is 11.6 Å². The number of nitrogens with zero attached hydrogens (tertiary/aromatic N) is 3. The highest BCUT2D eigenvalue weighted by Gasteiger charge is 2.18. The third kappa shape index (κ3) is 5.35. The molecule has 112 valence electrons. The maximum atomic E-state index is 11.0. The Labute approximate surface area is 125 Å². The predicted octanol–water partition coefficient (Wildman–Crippen LogP) is 2.21. The van der Waals surface area contributed by atoms with Crippen LogP contribution in [0.1, 0.15) is 13.3 Å². The Balaban J connectivity index is 2.78. The topological polar surface area (TPSA) is 56.7 Å². The van der Waals surface area contributed by atoms with Gasteiger partial charge in [-0.15, -0.1) is 0 Å². The molecule has 1 aromatic rings. The third-order valence-electron chi connectivity index (χ3n) is 3.03. The molecule has 6 heteroatoms. The van der Waals surface area contributed by atoms with Gasteiger partial charge in [0.2, 0.25) is 0 Å². The highest BCUT2D eigenvalue weighted by molar-refractivity contribution is 6.32. The molecule has 0 bridgehead atoms. The molecule has 0 aliphatic carbocycles. The molecule has 20 heavy (non-hydrogen) atoms. The maximum absolute atomic E-state index is 11.0. The number of hydrogen-bond acceptors (Lipinski definition) is 4. The Morgan fingerprint density at radius 2 is 2.15 bits per heavy atom. The van der Waals surface area contributed by atoms with Crippen LogP contribution < -0.4 is 4.90 Å². The molecule has 5 nitrogen and oxygen atoms in total. The van der Waals surface area contributed by atoms with Crippen molar-refractivity contribution in [3.63, 3.8) is 0 Å². The molecule has 0 spiro atoms. The molecule has 0 amide bonds. The lowest BCUT2D eigenvalue weighted by Crippen LogP contribution is -2.34. The van der Waals surface area contributed by atoms with Crippen LogP contribution >= 0.6 is 11.6 Å². The van der Waals surface area contributed by atoms with E-state index in [0.717, 1.165) is 25.2 Å². The van der Waals surface area contributed by atoms with Crippen LogP contribution in [0.5, 0.6) is 0 Å². The largest absolute Gasteiger partial charge is 0.481 e. The molecule has 1 unspecified atom stereocenters. The van der Waals surface area contributed by atoms with Gasteiger partial charge in [-0.3, -0.25) is 4.79 Å². The number of carboxylic acid groups (broad SMARTS) is 1. The summed E-state index contributed by atoms with van der Waals surface area (Å²) >= 11 is 6.11. The quantitative estimate of drug-likeness (QED) is 0.746. The third-order valence-corrected chi connectivity index (χ3v) is 3.32. The molecule has 0 aliphatic heterocycles. The summed E-state index contributed by atoms with van der Waals surface area (Å²) < 4.78 is 0. The molecule has 1 heterocycles. The fraction of sp³-hybridized carbons (Fsp3) is 0.571. The van der Waals surface area contributed by atoms with Gasteiger partial charge in [0.25, 0.3) is 0 Å². The van der Waals surface area contributed by atoms with Gasteiger partial charge in [0, 0.05) is 19.3 Å². The van der Waals surface area contributed by atoms with Gasteiger partial charge < -0.3 is 14.9 Å². The van der Waals surface area contributed by atoms with Gasteiger partial charge in [-0.2, -0.15) is 0 Å². The zero-order valence-corrected chi connectivity index (χ0v) is 13.0. The Hall–Kier alpha value is -1.33. The van der Waals surface area contributed by atoms with Crippen molar-refractivity contribution in [3.8, 4) is 0 Å². The molecular formula is C14H22ClN3O2. The fourth-order valence-electron chi connectivity index (χ4n) is 1.91. The smallest absolute Gasteiger partial charge is 0.308 e. The van der Waals surface area contributed by atoms with E-state index in [2.05, 4.69) is 9.88 Å². The lowest BCUT2D eigenvalue weighted by atomic mass is 10.1. The van der Waals surface area contributed by atoms with Crippen LogP contribution in [0.25, 0.3) is 0 Å². The number of halogens is 1. The van der Waals surface area contributed by atoms with Gasteiger partial charge in [0.15, 0.2) is 5.15 Å². The molecule has 0 aliphatic rings. The van der Waals surface area contributed by atoms with Crippen molar-refractivity contribution >= 4 is 23.3 Å². The van der Waals surface area contributed by atoms with E-state index >= 15 is 0 Å². The van der Waals surface area contributed by atoms with Crippen molar-refractivity contribution in [2.45, 2.75) is 13.3 Å². The van der Waals surface area contributed by atoms with Crippen LogP contribution in [0, 0.1) is 5.92 Å². The van der Waals surface area contributed by atoms with Crippen LogP contribution in [0.2, 0.25) is 5.15 Å². The molecule has 1 aromatic heterocycles. The molecular weight excluding hydrogens is 278 g/mol. The molecule has 1 atom stereocenters. The zero-order valence-electron chi connectivity index (χ0n) is 12.2. The highest BCUT2D eigenvalue weighted by Crippen LogP contribution is 2.24. The number of rotatable bonds is 8.